The van der Waals surface area contributed by atoms with Crippen molar-refractivity contribution in [2.75, 3.05) is 37.4 Å². The topological polar surface area (TPSA) is 103 Å². The molecule has 3 aromatic heterocycles. The van der Waals surface area contributed by atoms with Gasteiger partial charge in [-0.15, -0.1) is 5.10 Å². The highest BCUT2D eigenvalue weighted by Gasteiger charge is 2.20. The van der Waals surface area contributed by atoms with Crippen molar-refractivity contribution in [3.05, 3.63) is 18.0 Å². The van der Waals surface area contributed by atoms with Crippen molar-refractivity contribution in [2.45, 2.75) is 37.9 Å². The number of hydrogen-bond acceptors (Lipinski definition) is 8. The summed E-state index contributed by atoms with van der Waals surface area (Å²) < 4.78 is 8.56. The molecular formula is C20H28N8O2S. The molecule has 31 heavy (non-hydrogen) atoms. The Morgan fingerprint density at radius 2 is 2.06 bits per heavy atom. The van der Waals surface area contributed by atoms with Gasteiger partial charge in [-0.25, -0.2) is 14.6 Å². The van der Waals surface area contributed by atoms with Gasteiger partial charge in [0, 0.05) is 32.9 Å². The van der Waals surface area contributed by atoms with Gasteiger partial charge < -0.3 is 15.0 Å². The summed E-state index contributed by atoms with van der Waals surface area (Å²) in [5.74, 6) is 1.95. The number of anilines is 1. The van der Waals surface area contributed by atoms with Crippen LogP contribution in [0.2, 0.25) is 0 Å². The highest BCUT2D eigenvalue weighted by atomic mass is 32.2. The van der Waals surface area contributed by atoms with Crippen LogP contribution in [0.1, 0.15) is 36.5 Å². The van der Waals surface area contributed by atoms with E-state index in [1.807, 2.05) is 10.9 Å². The molecule has 4 rings (SSSR count). The minimum atomic E-state index is -0.229. The first-order valence-corrected chi connectivity index (χ1v) is 11.6. The molecule has 0 radical (unpaired) electrons. The number of hydrogen-bond donors (Lipinski definition) is 1. The molecule has 10 nitrogen and oxygen atoms in total. The minimum Gasteiger partial charge on any atom is -0.479 e. The minimum absolute atomic E-state index is 0.229. The zero-order chi connectivity index (χ0) is 21.8. The molecule has 1 aliphatic rings. The summed E-state index contributed by atoms with van der Waals surface area (Å²) in [5.41, 5.74) is 1.21. The summed E-state index contributed by atoms with van der Waals surface area (Å²) >= 11 is 1.63. The Morgan fingerprint density at radius 3 is 2.81 bits per heavy atom. The number of rotatable bonds is 8. The first-order valence-electron chi connectivity index (χ1n) is 10.6. The number of carbonyl (C=O) groups is 1. The highest BCUT2D eigenvalue weighted by molar-refractivity contribution is 7.99. The molecule has 1 fully saturated rings. The fourth-order valence-corrected chi connectivity index (χ4v) is 4.33. The van der Waals surface area contributed by atoms with Gasteiger partial charge in [0.15, 0.2) is 10.8 Å². The molecule has 1 saturated heterocycles. The predicted molar refractivity (Wildman–Crippen MR) is 120 cm³/mol. The van der Waals surface area contributed by atoms with E-state index in [4.69, 9.17) is 14.7 Å². The average molecular weight is 445 g/mol. The fourth-order valence-electron chi connectivity index (χ4n) is 3.77. The van der Waals surface area contributed by atoms with E-state index in [0.29, 0.717) is 24.5 Å². The van der Waals surface area contributed by atoms with E-state index in [2.05, 4.69) is 27.3 Å². The number of methoxy groups -OCH3 is 1. The molecule has 0 atom stereocenters. The first-order chi connectivity index (χ1) is 15.1. The van der Waals surface area contributed by atoms with Crippen LogP contribution in [-0.4, -0.2) is 67.9 Å². The summed E-state index contributed by atoms with van der Waals surface area (Å²) in [6.07, 6.45) is 7.11. The number of thioether (sulfide) groups is 1. The maximum absolute atomic E-state index is 12.5. The molecule has 0 aliphatic carbocycles. The summed E-state index contributed by atoms with van der Waals surface area (Å²) in [5, 5.41) is 13.3. The summed E-state index contributed by atoms with van der Waals surface area (Å²) in [7, 11) is 3.25. The molecule has 0 saturated carbocycles. The molecule has 166 valence electrons. The number of aryl methyl sites for hydroxylation is 1. The van der Waals surface area contributed by atoms with Crippen molar-refractivity contribution >= 4 is 34.5 Å². The third kappa shape index (κ3) is 4.60. The number of nitrogens with one attached hydrogen (secondary N) is 1. The lowest BCUT2D eigenvalue weighted by molar-refractivity contribution is 0.0949. The fraction of sp³-hybridized carbons (Fsp3) is 0.550. The van der Waals surface area contributed by atoms with Gasteiger partial charge in [-0.1, -0.05) is 18.7 Å². The number of nitrogens with zero attached hydrogens (tertiary/aromatic N) is 7. The summed E-state index contributed by atoms with van der Waals surface area (Å²) in [6, 6.07) is 0. The molecule has 1 amide bonds. The van der Waals surface area contributed by atoms with Gasteiger partial charge >= 0.3 is 0 Å². The standard InChI is InChI=1S/C20H28N8O2S/c1-4-31-20-23-16(27-9-6-5-7-10-27)14-12-22-28(17(14)24-20)11-8-21-18(29)15-13-26(2)25-19(15)30-3/h12-13H,4-11H2,1-3H3,(H,21,29). The quantitative estimate of drug-likeness (QED) is 0.416. The molecule has 1 aliphatic heterocycles. The van der Waals surface area contributed by atoms with Gasteiger partial charge in [0.25, 0.3) is 5.91 Å². The summed E-state index contributed by atoms with van der Waals surface area (Å²) in [6.45, 7) is 5.03. The second-order valence-electron chi connectivity index (χ2n) is 7.40. The largest absolute Gasteiger partial charge is 0.479 e. The lowest BCUT2D eigenvalue weighted by Gasteiger charge is -2.28. The smallest absolute Gasteiger partial charge is 0.258 e. The maximum atomic E-state index is 12.5. The molecule has 0 spiro atoms. The zero-order valence-electron chi connectivity index (χ0n) is 18.2. The number of fused-ring (bicyclic) bond motifs is 1. The van der Waals surface area contributed by atoms with Gasteiger partial charge in [0.05, 0.1) is 25.2 Å². The van der Waals surface area contributed by atoms with Crippen molar-refractivity contribution in [3.63, 3.8) is 0 Å². The predicted octanol–water partition coefficient (Wildman–Crippen LogP) is 2.10. The van der Waals surface area contributed by atoms with Gasteiger partial charge in [0.2, 0.25) is 5.88 Å². The van der Waals surface area contributed by atoms with Crippen LogP contribution in [0.25, 0.3) is 11.0 Å². The Morgan fingerprint density at radius 1 is 1.26 bits per heavy atom. The van der Waals surface area contributed by atoms with Crippen LogP contribution in [0.4, 0.5) is 5.82 Å². The van der Waals surface area contributed by atoms with Crippen LogP contribution in [0.15, 0.2) is 17.6 Å². The van der Waals surface area contributed by atoms with Gasteiger partial charge in [-0.2, -0.15) is 5.10 Å². The zero-order valence-corrected chi connectivity index (χ0v) is 19.0. The number of amides is 1. The molecule has 11 heteroatoms. The SMILES string of the molecule is CCSc1nc(N2CCCCC2)c2cnn(CCNC(=O)c3cn(C)nc3OC)c2n1. The van der Waals surface area contributed by atoms with Gasteiger partial charge in [0.1, 0.15) is 11.4 Å². The van der Waals surface area contributed by atoms with E-state index in [-0.39, 0.29) is 5.91 Å². The van der Waals surface area contributed by atoms with Crippen LogP contribution < -0.4 is 15.0 Å². The third-order valence-electron chi connectivity index (χ3n) is 5.23. The van der Waals surface area contributed by atoms with Crippen LogP contribution in [0.3, 0.4) is 0 Å². The number of ether oxygens (including phenoxy) is 1. The van der Waals surface area contributed by atoms with Crippen molar-refractivity contribution in [2.24, 2.45) is 7.05 Å². The van der Waals surface area contributed by atoms with E-state index >= 15 is 0 Å². The molecule has 1 N–H and O–H groups in total. The lowest BCUT2D eigenvalue weighted by Crippen LogP contribution is -2.30. The van der Waals surface area contributed by atoms with E-state index in [1.165, 1.54) is 26.4 Å². The van der Waals surface area contributed by atoms with Gasteiger partial charge in [-0.3, -0.25) is 9.48 Å². The average Bonchev–Trinajstić information content (AvgIpc) is 3.37. The Bertz CT molecular complexity index is 1060. The highest BCUT2D eigenvalue weighted by Crippen LogP contribution is 2.29. The van der Waals surface area contributed by atoms with Crippen molar-refractivity contribution in [1.29, 1.82) is 0 Å². The van der Waals surface area contributed by atoms with E-state index in [1.54, 1.807) is 29.7 Å². The normalized spacial score (nSPS) is 14.2. The molecular weight excluding hydrogens is 416 g/mol. The third-order valence-corrected chi connectivity index (χ3v) is 5.96. The second kappa shape index (κ2) is 9.54. The van der Waals surface area contributed by atoms with Crippen LogP contribution in [0.5, 0.6) is 5.88 Å². The number of piperidine rings is 1. The van der Waals surface area contributed by atoms with E-state index < -0.39 is 0 Å². The molecule has 3 aromatic rings. The Hall–Kier alpha value is -2.82. The van der Waals surface area contributed by atoms with E-state index in [9.17, 15) is 4.79 Å². The van der Waals surface area contributed by atoms with Crippen molar-refractivity contribution in [3.8, 4) is 5.88 Å². The Balaban J connectivity index is 1.52. The molecule has 4 heterocycles. The molecule has 0 bridgehead atoms. The van der Waals surface area contributed by atoms with E-state index in [0.717, 1.165) is 40.9 Å². The Labute approximate surface area is 185 Å². The van der Waals surface area contributed by atoms with Crippen LogP contribution in [-0.2, 0) is 13.6 Å². The van der Waals surface area contributed by atoms with Crippen molar-refractivity contribution in [1.82, 2.24) is 34.8 Å². The number of carbonyl (C=O) groups excluding carboxylic acids is 1. The summed E-state index contributed by atoms with van der Waals surface area (Å²) in [4.78, 5) is 24.4. The van der Waals surface area contributed by atoms with Crippen molar-refractivity contribution < 1.29 is 9.53 Å². The Kier molecular flexibility index (Phi) is 6.59. The number of aromatic nitrogens is 6. The first kappa shape index (κ1) is 21.4. The maximum Gasteiger partial charge on any atom is 0.258 e. The second-order valence-corrected chi connectivity index (χ2v) is 8.63. The lowest BCUT2D eigenvalue weighted by atomic mass is 10.1. The molecule has 0 aromatic carbocycles. The van der Waals surface area contributed by atoms with Gasteiger partial charge in [-0.05, 0) is 25.0 Å². The molecule has 0 unspecified atom stereocenters. The van der Waals surface area contributed by atoms with Crippen LogP contribution in [0, 0.1) is 0 Å². The monoisotopic (exact) mass is 444 g/mol. The van der Waals surface area contributed by atoms with Crippen LogP contribution >= 0.6 is 11.8 Å².